The predicted octanol–water partition coefficient (Wildman–Crippen LogP) is 5.02. The molecule has 1 aromatic carbocycles. The average Bonchev–Trinajstić information content (AvgIpc) is 3.51. The molecule has 38 heavy (non-hydrogen) atoms. The number of fused-ring (bicyclic) bond motifs is 1. The second-order valence-electron chi connectivity index (χ2n) is 10.8. The summed E-state index contributed by atoms with van der Waals surface area (Å²) in [6, 6.07) is 10.3. The minimum Gasteiger partial charge on any atom is -0.420 e. The van der Waals surface area contributed by atoms with Crippen LogP contribution in [0.2, 0.25) is 0 Å². The SMILES string of the molecule is C=C(c1nnc(C)o1)N1CCN(C)C(C)(C)C1.Cc1ccc(-c2cc(C(C)C)c3nc(C=O)cn3n2)cc1. The summed E-state index contributed by atoms with van der Waals surface area (Å²) in [4.78, 5) is 19.9. The van der Waals surface area contributed by atoms with E-state index in [1.807, 2.05) is 0 Å². The van der Waals surface area contributed by atoms with Crippen molar-refractivity contribution in [3.63, 3.8) is 0 Å². The van der Waals surface area contributed by atoms with Crippen LogP contribution in [0, 0.1) is 13.8 Å². The van der Waals surface area contributed by atoms with Crippen molar-refractivity contribution in [1.82, 2.24) is 34.6 Å². The van der Waals surface area contributed by atoms with E-state index in [2.05, 4.69) is 109 Å². The maximum Gasteiger partial charge on any atom is 0.263 e. The Morgan fingerprint density at radius 1 is 1.13 bits per heavy atom. The zero-order chi connectivity index (χ0) is 27.6. The zero-order valence-corrected chi connectivity index (χ0v) is 23.4. The fraction of sp³-hybridized carbons (Fsp3) is 0.414. The molecular formula is C29H37N7O2. The molecule has 4 heterocycles. The number of benzene rings is 1. The molecule has 0 atom stereocenters. The Bertz CT molecular complexity index is 1430. The van der Waals surface area contributed by atoms with Gasteiger partial charge >= 0.3 is 0 Å². The maximum atomic E-state index is 10.9. The van der Waals surface area contributed by atoms with Crippen LogP contribution in [0.3, 0.4) is 0 Å². The number of hydrogen-bond acceptors (Lipinski definition) is 8. The van der Waals surface area contributed by atoms with E-state index in [9.17, 15) is 4.79 Å². The number of aldehydes is 1. The van der Waals surface area contributed by atoms with Crippen LogP contribution in [0.15, 0.2) is 47.5 Å². The Hall–Kier alpha value is -3.85. The highest BCUT2D eigenvalue weighted by Crippen LogP contribution is 2.26. The molecule has 200 valence electrons. The molecule has 0 radical (unpaired) electrons. The summed E-state index contributed by atoms with van der Waals surface area (Å²) in [6.45, 7) is 19.5. The summed E-state index contributed by atoms with van der Waals surface area (Å²) in [6.07, 6.45) is 2.43. The number of likely N-dealkylation sites (N-methyl/N-ethyl adjacent to an activating group) is 1. The lowest BCUT2D eigenvalue weighted by Gasteiger charge is -2.46. The Labute approximate surface area is 224 Å². The number of carbonyl (C=O) groups is 1. The molecule has 9 heteroatoms. The Balaban J connectivity index is 0.000000181. The van der Waals surface area contributed by atoms with Gasteiger partial charge in [-0.3, -0.25) is 9.69 Å². The van der Waals surface area contributed by atoms with Crippen LogP contribution in [0.25, 0.3) is 22.6 Å². The molecule has 4 aromatic rings. The van der Waals surface area contributed by atoms with Gasteiger partial charge in [-0.15, -0.1) is 10.2 Å². The monoisotopic (exact) mass is 515 g/mol. The molecule has 0 bridgehead atoms. The first-order valence-corrected chi connectivity index (χ1v) is 12.9. The van der Waals surface area contributed by atoms with Crippen molar-refractivity contribution < 1.29 is 9.21 Å². The summed E-state index contributed by atoms with van der Waals surface area (Å²) < 4.78 is 7.12. The normalized spacial score (nSPS) is 15.4. The molecule has 1 fully saturated rings. The number of carbonyl (C=O) groups excluding carboxylic acids is 1. The molecule has 0 aliphatic carbocycles. The summed E-state index contributed by atoms with van der Waals surface area (Å²) in [5.74, 6) is 1.42. The van der Waals surface area contributed by atoms with Gasteiger partial charge in [0.15, 0.2) is 11.9 Å². The second kappa shape index (κ2) is 10.9. The highest BCUT2D eigenvalue weighted by atomic mass is 16.4. The molecule has 0 spiro atoms. The van der Waals surface area contributed by atoms with Gasteiger partial charge in [-0.1, -0.05) is 50.3 Å². The van der Waals surface area contributed by atoms with Gasteiger partial charge < -0.3 is 9.32 Å². The van der Waals surface area contributed by atoms with Gasteiger partial charge in [-0.2, -0.15) is 5.10 Å². The summed E-state index contributed by atoms with van der Waals surface area (Å²) in [5.41, 5.74) is 6.38. The number of nitrogens with zero attached hydrogens (tertiary/aromatic N) is 7. The van der Waals surface area contributed by atoms with E-state index in [0.29, 0.717) is 23.4 Å². The molecular weight excluding hydrogens is 478 g/mol. The van der Waals surface area contributed by atoms with Crippen LogP contribution in [0.4, 0.5) is 0 Å². The molecule has 5 rings (SSSR count). The minimum absolute atomic E-state index is 0.135. The fourth-order valence-electron chi connectivity index (χ4n) is 4.38. The fourth-order valence-corrected chi connectivity index (χ4v) is 4.38. The van der Waals surface area contributed by atoms with Crippen molar-refractivity contribution in [1.29, 1.82) is 0 Å². The topological polar surface area (TPSA) is 92.7 Å². The van der Waals surface area contributed by atoms with E-state index < -0.39 is 0 Å². The zero-order valence-electron chi connectivity index (χ0n) is 23.4. The van der Waals surface area contributed by atoms with Crippen molar-refractivity contribution in [2.24, 2.45) is 0 Å². The van der Waals surface area contributed by atoms with Crippen molar-refractivity contribution >= 4 is 17.6 Å². The molecule has 0 amide bonds. The van der Waals surface area contributed by atoms with Gasteiger partial charge in [0.2, 0.25) is 5.89 Å². The van der Waals surface area contributed by atoms with Gasteiger partial charge in [-0.05, 0) is 39.8 Å². The molecule has 1 aliphatic rings. The highest BCUT2D eigenvalue weighted by Gasteiger charge is 2.32. The highest BCUT2D eigenvalue weighted by molar-refractivity contribution is 5.74. The Morgan fingerprint density at radius 2 is 1.84 bits per heavy atom. The lowest BCUT2D eigenvalue weighted by atomic mass is 9.99. The third kappa shape index (κ3) is 5.83. The second-order valence-corrected chi connectivity index (χ2v) is 10.8. The lowest BCUT2D eigenvalue weighted by molar-refractivity contribution is 0.0688. The third-order valence-electron chi connectivity index (χ3n) is 7.03. The predicted molar refractivity (Wildman–Crippen MR) is 149 cm³/mol. The van der Waals surface area contributed by atoms with Gasteiger partial charge in [0.1, 0.15) is 5.69 Å². The first-order chi connectivity index (χ1) is 18.0. The van der Waals surface area contributed by atoms with Crippen LogP contribution >= 0.6 is 0 Å². The standard InChI is InChI=1S/C17H17N3O.C12H20N4O/c1-11(2)15-8-16(13-6-4-12(3)5-7-13)19-20-9-14(10-21)18-17(15)20;1-9(11-14-13-10(2)17-11)16-7-6-15(5)12(3,4)8-16/h4-11H,1-3H3;1,6-8H2,2-5H3. The van der Waals surface area contributed by atoms with Gasteiger partial charge in [0, 0.05) is 43.2 Å². The van der Waals surface area contributed by atoms with Crippen molar-refractivity contribution in [3.8, 4) is 11.3 Å². The van der Waals surface area contributed by atoms with E-state index in [-0.39, 0.29) is 5.54 Å². The maximum absolute atomic E-state index is 10.9. The first-order valence-electron chi connectivity index (χ1n) is 12.9. The van der Waals surface area contributed by atoms with E-state index in [0.717, 1.165) is 54.1 Å². The Kier molecular flexibility index (Phi) is 7.78. The molecule has 0 unspecified atom stereocenters. The number of aromatic nitrogens is 5. The van der Waals surface area contributed by atoms with E-state index in [1.54, 1.807) is 17.6 Å². The number of rotatable bonds is 5. The van der Waals surface area contributed by atoms with Gasteiger partial charge in [-0.25, -0.2) is 9.50 Å². The van der Waals surface area contributed by atoms with E-state index >= 15 is 0 Å². The Morgan fingerprint density at radius 3 is 2.42 bits per heavy atom. The van der Waals surface area contributed by atoms with Crippen LogP contribution in [-0.4, -0.2) is 73.1 Å². The molecule has 0 N–H and O–H groups in total. The summed E-state index contributed by atoms with van der Waals surface area (Å²) >= 11 is 0. The molecule has 3 aromatic heterocycles. The lowest BCUT2D eigenvalue weighted by Crippen LogP contribution is -2.56. The molecule has 0 saturated carbocycles. The van der Waals surface area contributed by atoms with Gasteiger partial charge in [0.25, 0.3) is 5.89 Å². The van der Waals surface area contributed by atoms with Crippen LogP contribution < -0.4 is 0 Å². The molecule has 1 saturated heterocycles. The van der Waals surface area contributed by atoms with E-state index in [1.165, 1.54) is 5.56 Å². The van der Waals surface area contributed by atoms with Crippen LogP contribution in [-0.2, 0) is 0 Å². The quantitative estimate of drug-likeness (QED) is 0.342. The molecule has 9 nitrogen and oxygen atoms in total. The minimum atomic E-state index is 0.135. The van der Waals surface area contributed by atoms with Crippen molar-refractivity contribution in [3.05, 3.63) is 71.7 Å². The van der Waals surface area contributed by atoms with E-state index in [4.69, 9.17) is 4.42 Å². The number of aryl methyl sites for hydroxylation is 2. The number of piperazine rings is 1. The van der Waals surface area contributed by atoms with Crippen molar-refractivity contribution in [2.75, 3.05) is 26.7 Å². The summed E-state index contributed by atoms with van der Waals surface area (Å²) in [7, 11) is 2.15. The number of hydrogen-bond donors (Lipinski definition) is 0. The van der Waals surface area contributed by atoms with Gasteiger partial charge in [0.05, 0.1) is 17.6 Å². The smallest absolute Gasteiger partial charge is 0.263 e. The third-order valence-corrected chi connectivity index (χ3v) is 7.03. The first kappa shape index (κ1) is 27.2. The molecule has 1 aliphatic heterocycles. The largest absolute Gasteiger partial charge is 0.420 e. The van der Waals surface area contributed by atoms with Crippen LogP contribution in [0.1, 0.15) is 67.0 Å². The van der Waals surface area contributed by atoms with Crippen LogP contribution in [0.5, 0.6) is 0 Å². The number of imidazole rings is 1. The van der Waals surface area contributed by atoms with Crippen molar-refractivity contribution in [2.45, 2.75) is 53.0 Å². The average molecular weight is 516 g/mol. The summed E-state index contributed by atoms with van der Waals surface area (Å²) in [5, 5.41) is 12.4.